The van der Waals surface area contributed by atoms with E-state index in [2.05, 4.69) is 47.9 Å². The van der Waals surface area contributed by atoms with E-state index in [1.165, 1.54) is 34.1 Å². The molecule has 0 N–H and O–H groups in total. The molecular formula is C14H12S. The van der Waals surface area contributed by atoms with Gasteiger partial charge in [-0.2, -0.15) is 0 Å². The third-order valence-electron chi connectivity index (χ3n) is 2.84. The highest BCUT2D eigenvalue weighted by Gasteiger charge is 2.08. The van der Waals surface area contributed by atoms with E-state index in [-0.39, 0.29) is 0 Å². The number of hydrogen-bond acceptors (Lipinski definition) is 1. The monoisotopic (exact) mass is 212 g/mol. The largest absolute Gasteiger partial charge is 0.143 e. The Morgan fingerprint density at radius 3 is 2.93 bits per heavy atom. The van der Waals surface area contributed by atoms with Crippen LogP contribution in [0.3, 0.4) is 0 Å². The lowest BCUT2D eigenvalue weighted by atomic mass is 9.97. The lowest BCUT2D eigenvalue weighted by molar-refractivity contribution is 1.06. The topological polar surface area (TPSA) is 0 Å². The normalized spacial score (nSPS) is 15.6. The Balaban J connectivity index is 2.18. The number of allylic oxidation sites excluding steroid dienone is 4. The Morgan fingerprint density at radius 1 is 1.13 bits per heavy atom. The Hall–Kier alpha value is -1.34. The highest BCUT2D eigenvalue weighted by atomic mass is 32.1. The zero-order valence-electron chi connectivity index (χ0n) is 8.44. The maximum atomic E-state index is 2.29. The SMILES string of the molecule is C1=CCCC(c2csc3ccccc23)=C1. The van der Waals surface area contributed by atoms with Crippen molar-refractivity contribution in [2.24, 2.45) is 0 Å². The first-order valence-corrected chi connectivity index (χ1v) is 6.15. The molecule has 0 atom stereocenters. The number of thiophene rings is 1. The van der Waals surface area contributed by atoms with Gasteiger partial charge in [-0.3, -0.25) is 0 Å². The molecule has 0 spiro atoms. The molecule has 1 aliphatic rings. The minimum Gasteiger partial charge on any atom is -0.143 e. The van der Waals surface area contributed by atoms with Gasteiger partial charge in [0.2, 0.25) is 0 Å². The summed E-state index contributed by atoms with van der Waals surface area (Å²) in [6.45, 7) is 0. The van der Waals surface area contributed by atoms with E-state index in [0.717, 1.165) is 0 Å². The molecule has 1 aromatic heterocycles. The Kier molecular flexibility index (Phi) is 2.18. The van der Waals surface area contributed by atoms with Crippen molar-refractivity contribution >= 4 is 27.0 Å². The van der Waals surface area contributed by atoms with Crippen LogP contribution in [-0.4, -0.2) is 0 Å². The van der Waals surface area contributed by atoms with Crippen molar-refractivity contribution in [3.8, 4) is 0 Å². The first-order chi connectivity index (χ1) is 7.45. The average Bonchev–Trinajstić information content (AvgIpc) is 2.74. The van der Waals surface area contributed by atoms with Crippen molar-refractivity contribution in [2.45, 2.75) is 12.8 Å². The smallest absolute Gasteiger partial charge is 0.0349 e. The molecule has 0 nitrogen and oxygen atoms in total. The van der Waals surface area contributed by atoms with E-state index in [1.54, 1.807) is 0 Å². The molecule has 2 aromatic rings. The van der Waals surface area contributed by atoms with Crippen molar-refractivity contribution in [1.82, 2.24) is 0 Å². The van der Waals surface area contributed by atoms with E-state index in [9.17, 15) is 0 Å². The number of rotatable bonds is 1. The van der Waals surface area contributed by atoms with Crippen LogP contribution in [0.25, 0.3) is 15.7 Å². The van der Waals surface area contributed by atoms with Gasteiger partial charge in [0.1, 0.15) is 0 Å². The maximum Gasteiger partial charge on any atom is 0.0349 e. The molecule has 74 valence electrons. The molecule has 0 radical (unpaired) electrons. The molecule has 1 aromatic carbocycles. The summed E-state index contributed by atoms with van der Waals surface area (Å²) in [5.41, 5.74) is 2.91. The summed E-state index contributed by atoms with van der Waals surface area (Å²) < 4.78 is 1.39. The fraction of sp³-hybridized carbons (Fsp3) is 0.143. The lowest BCUT2D eigenvalue weighted by Gasteiger charge is -2.07. The van der Waals surface area contributed by atoms with Gasteiger partial charge in [0.15, 0.2) is 0 Å². The zero-order valence-corrected chi connectivity index (χ0v) is 9.26. The summed E-state index contributed by atoms with van der Waals surface area (Å²) >= 11 is 1.84. The van der Waals surface area contributed by atoms with Gasteiger partial charge in [-0.25, -0.2) is 0 Å². The molecule has 0 fully saturated rings. The number of hydrogen-bond donors (Lipinski definition) is 0. The Bertz CT molecular complexity index is 543. The molecule has 1 heterocycles. The Labute approximate surface area is 93.6 Å². The molecule has 15 heavy (non-hydrogen) atoms. The van der Waals surface area contributed by atoms with E-state index in [1.807, 2.05) is 11.3 Å². The first kappa shape index (κ1) is 8.93. The predicted octanol–water partition coefficient (Wildman–Crippen LogP) is 4.63. The van der Waals surface area contributed by atoms with Crippen molar-refractivity contribution in [3.05, 3.63) is 53.4 Å². The highest BCUT2D eigenvalue weighted by molar-refractivity contribution is 7.17. The molecule has 0 saturated carbocycles. The molecule has 0 saturated heterocycles. The second kappa shape index (κ2) is 3.67. The maximum absolute atomic E-state index is 2.29. The third kappa shape index (κ3) is 1.53. The molecular weight excluding hydrogens is 200 g/mol. The summed E-state index contributed by atoms with van der Waals surface area (Å²) in [4.78, 5) is 0. The van der Waals surface area contributed by atoms with Gasteiger partial charge in [-0.15, -0.1) is 11.3 Å². The molecule has 3 rings (SSSR count). The van der Waals surface area contributed by atoms with Crippen molar-refractivity contribution in [2.75, 3.05) is 0 Å². The van der Waals surface area contributed by atoms with Crippen LogP contribution >= 0.6 is 11.3 Å². The minimum absolute atomic E-state index is 1.18. The van der Waals surface area contributed by atoms with E-state index in [0.29, 0.717) is 0 Å². The van der Waals surface area contributed by atoms with Crippen LogP contribution in [0.15, 0.2) is 47.9 Å². The predicted molar refractivity (Wildman–Crippen MR) is 68.2 cm³/mol. The van der Waals surface area contributed by atoms with Gasteiger partial charge in [0, 0.05) is 4.70 Å². The van der Waals surface area contributed by atoms with Gasteiger partial charge in [0.25, 0.3) is 0 Å². The highest BCUT2D eigenvalue weighted by Crippen LogP contribution is 2.33. The first-order valence-electron chi connectivity index (χ1n) is 5.27. The van der Waals surface area contributed by atoms with Crippen LogP contribution < -0.4 is 0 Å². The fourth-order valence-corrected chi connectivity index (χ4v) is 3.04. The van der Waals surface area contributed by atoms with Gasteiger partial charge < -0.3 is 0 Å². The van der Waals surface area contributed by atoms with Crippen LogP contribution in [0.5, 0.6) is 0 Å². The Morgan fingerprint density at radius 2 is 2.07 bits per heavy atom. The molecule has 0 unspecified atom stereocenters. The van der Waals surface area contributed by atoms with E-state index >= 15 is 0 Å². The lowest BCUT2D eigenvalue weighted by Crippen LogP contribution is -1.85. The summed E-state index contributed by atoms with van der Waals surface area (Å²) in [6.07, 6.45) is 9.01. The van der Waals surface area contributed by atoms with Gasteiger partial charge in [-0.1, -0.05) is 36.4 Å². The van der Waals surface area contributed by atoms with Gasteiger partial charge in [-0.05, 0) is 40.8 Å². The summed E-state index contributed by atoms with van der Waals surface area (Å²) in [5, 5.41) is 3.69. The minimum atomic E-state index is 1.18. The summed E-state index contributed by atoms with van der Waals surface area (Å²) in [7, 11) is 0. The zero-order chi connectivity index (χ0) is 10.1. The quantitative estimate of drug-likeness (QED) is 0.646. The van der Waals surface area contributed by atoms with Crippen LogP contribution in [0.2, 0.25) is 0 Å². The van der Waals surface area contributed by atoms with Crippen molar-refractivity contribution in [3.63, 3.8) is 0 Å². The molecule has 0 aliphatic heterocycles. The second-order valence-corrected chi connectivity index (χ2v) is 4.72. The molecule has 1 heteroatoms. The molecule has 1 aliphatic carbocycles. The van der Waals surface area contributed by atoms with Gasteiger partial charge >= 0.3 is 0 Å². The second-order valence-electron chi connectivity index (χ2n) is 3.80. The van der Waals surface area contributed by atoms with Crippen LogP contribution in [0, 0.1) is 0 Å². The molecule has 0 amide bonds. The number of benzene rings is 1. The van der Waals surface area contributed by atoms with Crippen molar-refractivity contribution in [1.29, 1.82) is 0 Å². The van der Waals surface area contributed by atoms with Crippen LogP contribution in [-0.2, 0) is 0 Å². The average molecular weight is 212 g/mol. The standard InChI is InChI=1S/C14H12S/c1-2-6-11(7-3-1)13-10-15-14-9-5-4-8-12(13)14/h1-2,4-6,8-10H,3,7H2. The summed E-state index contributed by atoms with van der Waals surface area (Å²) in [5.74, 6) is 0. The van der Waals surface area contributed by atoms with Crippen molar-refractivity contribution < 1.29 is 0 Å². The van der Waals surface area contributed by atoms with E-state index in [4.69, 9.17) is 0 Å². The van der Waals surface area contributed by atoms with E-state index < -0.39 is 0 Å². The third-order valence-corrected chi connectivity index (χ3v) is 3.80. The number of fused-ring (bicyclic) bond motifs is 1. The summed E-state index contributed by atoms with van der Waals surface area (Å²) in [6, 6.07) is 8.65. The fourth-order valence-electron chi connectivity index (χ4n) is 2.05. The van der Waals surface area contributed by atoms with Crippen LogP contribution in [0.4, 0.5) is 0 Å². The molecule has 0 bridgehead atoms. The van der Waals surface area contributed by atoms with Crippen LogP contribution in [0.1, 0.15) is 18.4 Å². The van der Waals surface area contributed by atoms with Gasteiger partial charge in [0.05, 0.1) is 0 Å².